The van der Waals surface area contributed by atoms with Crippen LogP contribution in [0.15, 0.2) is 0 Å². The Kier molecular flexibility index (Phi) is 7.09. The molecule has 0 radical (unpaired) electrons. The normalized spacial score (nSPS) is 23.7. The van der Waals surface area contributed by atoms with Crippen LogP contribution < -0.4 is 5.32 Å². The lowest BCUT2D eigenvalue weighted by Gasteiger charge is -2.27. The minimum absolute atomic E-state index is 0.0317. The first kappa shape index (κ1) is 15.3. The number of aliphatic hydroxyl groups excluding tert-OH is 1. The molecule has 2 amide bonds. The summed E-state index contributed by atoms with van der Waals surface area (Å²) in [6, 6.07) is 0.0317. The second-order valence-corrected chi connectivity index (χ2v) is 5.16. The molecule has 0 saturated heterocycles. The Hall–Kier alpha value is -0.770. The maximum absolute atomic E-state index is 11.7. The summed E-state index contributed by atoms with van der Waals surface area (Å²) in [6.07, 6.45) is 6.39. The third-order valence-corrected chi connectivity index (χ3v) is 3.95. The number of amides is 2. The van der Waals surface area contributed by atoms with Gasteiger partial charge in [0, 0.05) is 19.6 Å². The van der Waals surface area contributed by atoms with Crippen LogP contribution in [-0.2, 0) is 0 Å². The predicted octanol–water partition coefficient (Wildman–Crippen LogP) is 2.37. The third-order valence-electron chi connectivity index (χ3n) is 3.95. The first-order valence-corrected chi connectivity index (χ1v) is 7.39. The molecule has 2 N–H and O–H groups in total. The molecule has 0 heterocycles. The monoisotopic (exact) mass is 256 g/mol. The number of carbonyl (C=O) groups excluding carboxylic acids is 1. The molecule has 0 aromatic heterocycles. The molecule has 1 rings (SSSR count). The van der Waals surface area contributed by atoms with E-state index in [1.54, 1.807) is 4.90 Å². The van der Waals surface area contributed by atoms with Crippen molar-refractivity contribution < 1.29 is 9.90 Å². The average molecular weight is 256 g/mol. The maximum atomic E-state index is 11.7. The minimum Gasteiger partial charge on any atom is -0.393 e. The van der Waals surface area contributed by atoms with E-state index in [0.29, 0.717) is 5.92 Å². The van der Waals surface area contributed by atoms with E-state index in [1.165, 1.54) is 6.42 Å². The van der Waals surface area contributed by atoms with Gasteiger partial charge in [-0.3, -0.25) is 0 Å². The van der Waals surface area contributed by atoms with Crippen molar-refractivity contribution in [2.24, 2.45) is 5.92 Å². The molecule has 4 heteroatoms. The summed E-state index contributed by atoms with van der Waals surface area (Å²) < 4.78 is 0. The van der Waals surface area contributed by atoms with Gasteiger partial charge in [-0.25, -0.2) is 4.79 Å². The van der Waals surface area contributed by atoms with Gasteiger partial charge in [0.05, 0.1) is 6.10 Å². The smallest absolute Gasteiger partial charge is 0.317 e. The van der Waals surface area contributed by atoms with Gasteiger partial charge in [0.2, 0.25) is 0 Å². The number of nitrogens with one attached hydrogen (secondary N) is 1. The highest BCUT2D eigenvalue weighted by atomic mass is 16.3. The summed E-state index contributed by atoms with van der Waals surface area (Å²) in [5, 5.41) is 12.8. The highest BCUT2D eigenvalue weighted by molar-refractivity contribution is 5.73. The fourth-order valence-corrected chi connectivity index (χ4v) is 2.71. The van der Waals surface area contributed by atoms with E-state index in [0.717, 1.165) is 51.7 Å². The summed E-state index contributed by atoms with van der Waals surface area (Å²) >= 11 is 0. The Labute approximate surface area is 111 Å². The van der Waals surface area contributed by atoms with Gasteiger partial charge in [-0.15, -0.1) is 0 Å². The molecule has 1 saturated carbocycles. The Morgan fingerprint density at radius 3 is 2.56 bits per heavy atom. The van der Waals surface area contributed by atoms with Crippen LogP contribution in [0.4, 0.5) is 4.79 Å². The van der Waals surface area contributed by atoms with Crippen molar-refractivity contribution in [3.05, 3.63) is 0 Å². The molecule has 1 aliphatic carbocycles. The number of rotatable bonds is 6. The van der Waals surface area contributed by atoms with Gasteiger partial charge in [-0.05, 0) is 45.4 Å². The Bertz CT molecular complexity index is 242. The highest BCUT2D eigenvalue weighted by Crippen LogP contribution is 2.27. The number of urea groups is 1. The van der Waals surface area contributed by atoms with Crippen LogP contribution in [0.25, 0.3) is 0 Å². The summed E-state index contributed by atoms with van der Waals surface area (Å²) in [5.41, 5.74) is 0. The second-order valence-electron chi connectivity index (χ2n) is 5.16. The lowest BCUT2D eigenvalue weighted by molar-refractivity contribution is 0.0643. The van der Waals surface area contributed by atoms with Gasteiger partial charge in [-0.2, -0.15) is 0 Å². The largest absolute Gasteiger partial charge is 0.393 e. The highest BCUT2D eigenvalue weighted by Gasteiger charge is 2.22. The topological polar surface area (TPSA) is 52.6 Å². The first-order chi connectivity index (χ1) is 8.69. The molecule has 0 aliphatic heterocycles. The fourth-order valence-electron chi connectivity index (χ4n) is 2.71. The van der Waals surface area contributed by atoms with Gasteiger partial charge < -0.3 is 15.3 Å². The van der Waals surface area contributed by atoms with Crippen molar-refractivity contribution in [2.75, 3.05) is 19.6 Å². The molecule has 2 atom stereocenters. The van der Waals surface area contributed by atoms with Crippen LogP contribution in [0.1, 0.15) is 52.4 Å². The molecule has 2 unspecified atom stereocenters. The van der Waals surface area contributed by atoms with Gasteiger partial charge in [0.1, 0.15) is 0 Å². The molecule has 1 fully saturated rings. The van der Waals surface area contributed by atoms with Crippen LogP contribution >= 0.6 is 0 Å². The number of aliphatic hydroxyl groups is 1. The first-order valence-electron chi connectivity index (χ1n) is 7.39. The van der Waals surface area contributed by atoms with Crippen molar-refractivity contribution in [1.29, 1.82) is 0 Å². The average Bonchev–Trinajstić information content (AvgIpc) is 2.38. The van der Waals surface area contributed by atoms with Crippen LogP contribution in [0, 0.1) is 5.92 Å². The zero-order chi connectivity index (χ0) is 13.4. The fraction of sp³-hybridized carbons (Fsp3) is 0.929. The van der Waals surface area contributed by atoms with Crippen LogP contribution in [0.3, 0.4) is 0 Å². The van der Waals surface area contributed by atoms with E-state index in [2.05, 4.69) is 5.32 Å². The number of nitrogens with zero attached hydrogens (tertiary/aromatic N) is 1. The summed E-state index contributed by atoms with van der Waals surface area (Å²) in [5.74, 6) is 0.448. The Morgan fingerprint density at radius 1 is 1.28 bits per heavy atom. The van der Waals surface area contributed by atoms with E-state index in [1.807, 2.05) is 13.8 Å². The van der Waals surface area contributed by atoms with Crippen molar-refractivity contribution >= 4 is 6.03 Å². The van der Waals surface area contributed by atoms with Crippen LogP contribution in [-0.4, -0.2) is 41.8 Å². The minimum atomic E-state index is -0.114. The Morgan fingerprint density at radius 2 is 1.94 bits per heavy atom. The molecular formula is C14H28N2O2. The van der Waals surface area contributed by atoms with E-state index in [4.69, 9.17) is 0 Å². The van der Waals surface area contributed by atoms with Crippen molar-refractivity contribution in [3.63, 3.8) is 0 Å². The van der Waals surface area contributed by atoms with Crippen LogP contribution in [0.5, 0.6) is 0 Å². The second kappa shape index (κ2) is 8.35. The zero-order valence-corrected chi connectivity index (χ0v) is 11.8. The van der Waals surface area contributed by atoms with Gasteiger partial charge >= 0.3 is 6.03 Å². The predicted molar refractivity (Wildman–Crippen MR) is 73.5 cm³/mol. The van der Waals surface area contributed by atoms with E-state index >= 15 is 0 Å². The SMILES string of the molecule is CCN(CC)C(=O)NCCCC1CCCCC1O. The number of hydrogen-bond acceptors (Lipinski definition) is 2. The van der Waals surface area contributed by atoms with Gasteiger partial charge in [0.15, 0.2) is 0 Å². The molecule has 0 aromatic carbocycles. The summed E-state index contributed by atoms with van der Waals surface area (Å²) in [6.45, 7) is 6.20. The van der Waals surface area contributed by atoms with E-state index in [-0.39, 0.29) is 12.1 Å². The van der Waals surface area contributed by atoms with Crippen molar-refractivity contribution in [1.82, 2.24) is 10.2 Å². The lowest BCUT2D eigenvalue weighted by Crippen LogP contribution is -2.40. The quantitative estimate of drug-likeness (QED) is 0.717. The molecule has 18 heavy (non-hydrogen) atoms. The summed E-state index contributed by atoms with van der Waals surface area (Å²) in [4.78, 5) is 13.5. The lowest BCUT2D eigenvalue weighted by atomic mass is 9.83. The molecule has 106 valence electrons. The summed E-state index contributed by atoms with van der Waals surface area (Å²) in [7, 11) is 0. The Balaban J connectivity index is 2.12. The maximum Gasteiger partial charge on any atom is 0.317 e. The molecule has 4 nitrogen and oxygen atoms in total. The van der Waals surface area contributed by atoms with Crippen molar-refractivity contribution in [2.45, 2.75) is 58.5 Å². The zero-order valence-electron chi connectivity index (χ0n) is 11.8. The molecule has 0 aromatic rings. The van der Waals surface area contributed by atoms with E-state index < -0.39 is 0 Å². The van der Waals surface area contributed by atoms with E-state index in [9.17, 15) is 9.90 Å². The molecule has 1 aliphatic rings. The van der Waals surface area contributed by atoms with Gasteiger partial charge in [0.25, 0.3) is 0 Å². The number of hydrogen-bond donors (Lipinski definition) is 2. The molecular weight excluding hydrogens is 228 g/mol. The molecule has 0 bridgehead atoms. The van der Waals surface area contributed by atoms with Crippen LogP contribution in [0.2, 0.25) is 0 Å². The molecule has 0 spiro atoms. The number of carbonyl (C=O) groups is 1. The van der Waals surface area contributed by atoms with Crippen molar-refractivity contribution in [3.8, 4) is 0 Å². The third kappa shape index (κ3) is 4.84. The standard InChI is InChI=1S/C14H28N2O2/c1-3-16(4-2)14(18)15-11-7-9-12-8-5-6-10-13(12)17/h12-13,17H,3-11H2,1-2H3,(H,15,18). The van der Waals surface area contributed by atoms with Gasteiger partial charge in [-0.1, -0.05) is 12.8 Å².